The molecule has 0 bridgehead atoms. The molecule has 1 N–H and O–H groups in total. The van der Waals surface area contributed by atoms with Gasteiger partial charge in [-0.15, -0.1) is 0 Å². The zero-order valence-electron chi connectivity index (χ0n) is 10.2. The van der Waals surface area contributed by atoms with Crippen molar-refractivity contribution in [2.45, 2.75) is 13.8 Å². The number of aryl methyl sites for hydroxylation is 2. The van der Waals surface area contributed by atoms with Crippen molar-refractivity contribution >= 4 is 17.2 Å². The van der Waals surface area contributed by atoms with Crippen molar-refractivity contribution in [2.75, 3.05) is 5.32 Å². The SMILES string of the molecule is Cc1ccc(Nc2ncccc2[N+](=O)[O-])cc1C. The molecule has 0 aliphatic rings. The zero-order valence-corrected chi connectivity index (χ0v) is 10.2. The molecule has 0 saturated heterocycles. The van der Waals surface area contributed by atoms with Gasteiger partial charge in [0.2, 0.25) is 5.82 Å². The standard InChI is InChI=1S/C13H13N3O2/c1-9-5-6-11(8-10(9)2)15-13-12(16(17)18)4-3-7-14-13/h3-8H,1-2H3,(H,14,15). The van der Waals surface area contributed by atoms with E-state index in [-0.39, 0.29) is 11.5 Å². The molecule has 1 heterocycles. The summed E-state index contributed by atoms with van der Waals surface area (Å²) in [6, 6.07) is 8.75. The van der Waals surface area contributed by atoms with Crippen molar-refractivity contribution in [3.05, 3.63) is 57.8 Å². The molecule has 0 aliphatic carbocycles. The molecule has 0 fully saturated rings. The van der Waals surface area contributed by atoms with Gasteiger partial charge in [0, 0.05) is 18.0 Å². The number of rotatable bonds is 3. The van der Waals surface area contributed by atoms with Gasteiger partial charge in [-0.3, -0.25) is 10.1 Å². The lowest BCUT2D eigenvalue weighted by atomic mass is 10.1. The van der Waals surface area contributed by atoms with Gasteiger partial charge in [-0.05, 0) is 43.2 Å². The van der Waals surface area contributed by atoms with Crippen LogP contribution >= 0.6 is 0 Å². The fraction of sp³-hybridized carbons (Fsp3) is 0.154. The van der Waals surface area contributed by atoms with Gasteiger partial charge >= 0.3 is 5.69 Å². The van der Waals surface area contributed by atoms with E-state index in [4.69, 9.17) is 0 Å². The van der Waals surface area contributed by atoms with Crippen LogP contribution in [0.4, 0.5) is 17.2 Å². The molecule has 0 aliphatic heterocycles. The summed E-state index contributed by atoms with van der Waals surface area (Å²) in [6.45, 7) is 4.01. The Morgan fingerprint density at radius 2 is 2.00 bits per heavy atom. The third-order valence-electron chi connectivity index (χ3n) is 2.75. The first-order valence-corrected chi connectivity index (χ1v) is 5.51. The minimum atomic E-state index is -0.448. The smallest absolute Gasteiger partial charge is 0.311 e. The predicted molar refractivity (Wildman–Crippen MR) is 70.1 cm³/mol. The van der Waals surface area contributed by atoms with Crippen molar-refractivity contribution in [3.63, 3.8) is 0 Å². The highest BCUT2D eigenvalue weighted by atomic mass is 16.6. The van der Waals surface area contributed by atoms with Gasteiger partial charge in [-0.2, -0.15) is 0 Å². The van der Waals surface area contributed by atoms with Crippen LogP contribution in [0.3, 0.4) is 0 Å². The predicted octanol–water partition coefficient (Wildman–Crippen LogP) is 3.35. The molecule has 5 heteroatoms. The first kappa shape index (κ1) is 12.0. The van der Waals surface area contributed by atoms with E-state index in [1.165, 1.54) is 17.8 Å². The Morgan fingerprint density at radius 3 is 2.67 bits per heavy atom. The molecule has 18 heavy (non-hydrogen) atoms. The summed E-state index contributed by atoms with van der Waals surface area (Å²) in [5.74, 6) is 0.255. The van der Waals surface area contributed by atoms with E-state index in [2.05, 4.69) is 10.3 Å². The van der Waals surface area contributed by atoms with Gasteiger partial charge in [0.05, 0.1) is 4.92 Å². The molecule has 0 atom stereocenters. The van der Waals surface area contributed by atoms with E-state index < -0.39 is 4.92 Å². The molecule has 5 nitrogen and oxygen atoms in total. The molecule has 1 aromatic carbocycles. The Kier molecular flexibility index (Phi) is 3.23. The van der Waals surface area contributed by atoms with E-state index in [1.807, 2.05) is 32.0 Å². The quantitative estimate of drug-likeness (QED) is 0.663. The minimum Gasteiger partial charge on any atom is -0.334 e. The summed E-state index contributed by atoms with van der Waals surface area (Å²) in [4.78, 5) is 14.4. The van der Waals surface area contributed by atoms with Crippen molar-refractivity contribution in [1.82, 2.24) is 4.98 Å². The number of pyridine rings is 1. The van der Waals surface area contributed by atoms with E-state index >= 15 is 0 Å². The second kappa shape index (κ2) is 4.83. The van der Waals surface area contributed by atoms with E-state index in [0.717, 1.165) is 11.3 Å². The van der Waals surface area contributed by atoms with Gasteiger partial charge in [0.1, 0.15) is 0 Å². The van der Waals surface area contributed by atoms with Gasteiger partial charge in [0.15, 0.2) is 0 Å². The largest absolute Gasteiger partial charge is 0.334 e. The number of nitro groups is 1. The first-order valence-electron chi connectivity index (χ1n) is 5.51. The molecule has 0 saturated carbocycles. The number of anilines is 2. The van der Waals surface area contributed by atoms with Crippen LogP contribution in [0.1, 0.15) is 11.1 Å². The number of hydrogen-bond donors (Lipinski definition) is 1. The van der Waals surface area contributed by atoms with Gasteiger partial charge < -0.3 is 5.32 Å². The van der Waals surface area contributed by atoms with Crippen molar-refractivity contribution < 1.29 is 4.92 Å². The summed E-state index contributed by atoms with van der Waals surface area (Å²) in [5.41, 5.74) is 3.06. The maximum Gasteiger partial charge on any atom is 0.311 e. The third-order valence-corrected chi connectivity index (χ3v) is 2.75. The summed E-state index contributed by atoms with van der Waals surface area (Å²) >= 11 is 0. The molecule has 1 aromatic heterocycles. The van der Waals surface area contributed by atoms with E-state index in [1.54, 1.807) is 6.07 Å². The second-order valence-corrected chi connectivity index (χ2v) is 4.05. The highest BCUT2D eigenvalue weighted by molar-refractivity contribution is 5.65. The van der Waals surface area contributed by atoms with Crippen LogP contribution in [0, 0.1) is 24.0 Å². The molecule has 0 unspecified atom stereocenters. The minimum absolute atomic E-state index is 0.0317. The second-order valence-electron chi connectivity index (χ2n) is 4.05. The van der Waals surface area contributed by atoms with Gasteiger partial charge in [-0.1, -0.05) is 6.07 Å². The Hall–Kier alpha value is -2.43. The van der Waals surface area contributed by atoms with Gasteiger partial charge in [0.25, 0.3) is 0 Å². The number of benzene rings is 1. The lowest BCUT2D eigenvalue weighted by molar-refractivity contribution is -0.384. The Labute approximate surface area is 105 Å². The van der Waals surface area contributed by atoms with Crippen molar-refractivity contribution in [1.29, 1.82) is 0 Å². The fourth-order valence-corrected chi connectivity index (χ4v) is 1.60. The van der Waals surface area contributed by atoms with Crippen LogP contribution in [-0.4, -0.2) is 9.91 Å². The molecular formula is C13H13N3O2. The summed E-state index contributed by atoms with van der Waals surface area (Å²) < 4.78 is 0. The number of hydrogen-bond acceptors (Lipinski definition) is 4. The number of nitrogens with one attached hydrogen (secondary N) is 1. The van der Waals surface area contributed by atoms with Crippen molar-refractivity contribution in [2.24, 2.45) is 0 Å². The fourth-order valence-electron chi connectivity index (χ4n) is 1.60. The molecular weight excluding hydrogens is 230 g/mol. The molecule has 2 aromatic rings. The average molecular weight is 243 g/mol. The van der Waals surface area contributed by atoms with Crippen LogP contribution in [0.2, 0.25) is 0 Å². The number of aromatic nitrogens is 1. The summed E-state index contributed by atoms with van der Waals surface area (Å²) in [6.07, 6.45) is 1.52. The summed E-state index contributed by atoms with van der Waals surface area (Å²) in [5, 5.41) is 13.8. The molecule has 0 amide bonds. The van der Waals surface area contributed by atoms with Crippen LogP contribution in [0.15, 0.2) is 36.5 Å². The lowest BCUT2D eigenvalue weighted by Crippen LogP contribution is -1.99. The normalized spacial score (nSPS) is 10.1. The average Bonchev–Trinajstić information content (AvgIpc) is 2.34. The van der Waals surface area contributed by atoms with Crippen LogP contribution in [0.25, 0.3) is 0 Å². The summed E-state index contributed by atoms with van der Waals surface area (Å²) in [7, 11) is 0. The highest BCUT2D eigenvalue weighted by Crippen LogP contribution is 2.25. The monoisotopic (exact) mass is 243 g/mol. The highest BCUT2D eigenvalue weighted by Gasteiger charge is 2.13. The Bertz CT molecular complexity index is 597. The molecule has 0 radical (unpaired) electrons. The molecule has 2 rings (SSSR count). The third kappa shape index (κ3) is 2.45. The maximum absolute atomic E-state index is 10.9. The zero-order chi connectivity index (χ0) is 13.1. The van der Waals surface area contributed by atoms with Crippen LogP contribution < -0.4 is 5.32 Å². The van der Waals surface area contributed by atoms with Crippen molar-refractivity contribution in [3.8, 4) is 0 Å². The Morgan fingerprint density at radius 1 is 1.22 bits per heavy atom. The van der Waals surface area contributed by atoms with Crippen LogP contribution in [0.5, 0.6) is 0 Å². The van der Waals surface area contributed by atoms with E-state index in [9.17, 15) is 10.1 Å². The molecule has 92 valence electrons. The van der Waals surface area contributed by atoms with Gasteiger partial charge in [-0.25, -0.2) is 4.98 Å². The Balaban J connectivity index is 2.34. The van der Waals surface area contributed by atoms with Crippen LogP contribution in [-0.2, 0) is 0 Å². The first-order chi connectivity index (χ1) is 8.58. The number of nitrogens with zero attached hydrogens (tertiary/aromatic N) is 2. The topological polar surface area (TPSA) is 68.1 Å². The molecule has 0 spiro atoms. The maximum atomic E-state index is 10.9. The lowest BCUT2D eigenvalue weighted by Gasteiger charge is -2.08. The van der Waals surface area contributed by atoms with E-state index in [0.29, 0.717) is 0 Å².